The maximum Gasteiger partial charge on any atom is 0.291 e. The van der Waals surface area contributed by atoms with Crippen LogP contribution in [0.3, 0.4) is 0 Å². The number of H-pyrrole nitrogens is 1. The fourth-order valence-electron chi connectivity index (χ4n) is 13.6. The summed E-state index contributed by atoms with van der Waals surface area (Å²) in [5.74, 6) is 9.83. The molecule has 9 amide bonds. The molecule has 2 saturated heterocycles. The molecule has 616 valence electrons. The van der Waals surface area contributed by atoms with Gasteiger partial charge in [0.05, 0.1) is 43.4 Å². The number of amides is 9. The van der Waals surface area contributed by atoms with Gasteiger partial charge in [-0.15, -0.1) is 0 Å². The number of halogens is 1. The number of carbonyl (C=O) groups excluding carboxylic acids is 9. The van der Waals surface area contributed by atoms with Crippen LogP contribution in [0.2, 0.25) is 0 Å². The summed E-state index contributed by atoms with van der Waals surface area (Å²) in [6.45, 7) is 12.1. The van der Waals surface area contributed by atoms with Gasteiger partial charge in [0.15, 0.2) is 17.5 Å². The largest absolute Gasteiger partial charge is 0.456 e. The van der Waals surface area contributed by atoms with Crippen LogP contribution in [0.15, 0.2) is 96.7 Å². The second-order valence-electron chi connectivity index (χ2n) is 29.4. The van der Waals surface area contributed by atoms with E-state index < -0.39 is 47.0 Å². The number of nitrogens with one attached hydrogen (secondary N) is 9. The van der Waals surface area contributed by atoms with E-state index >= 15 is 0 Å². The van der Waals surface area contributed by atoms with Crippen molar-refractivity contribution in [2.45, 2.75) is 78.2 Å². The molecule has 2 aliphatic heterocycles. The van der Waals surface area contributed by atoms with Crippen LogP contribution in [0.5, 0.6) is 11.5 Å². The van der Waals surface area contributed by atoms with Crippen LogP contribution in [-0.2, 0) is 71.7 Å². The maximum absolute atomic E-state index is 14.3. The molecule has 0 bridgehead atoms. The summed E-state index contributed by atoms with van der Waals surface area (Å²) in [6.07, 6.45) is 13.7. The monoisotopic (exact) mass is 1600 g/mol. The molecule has 0 spiro atoms. The summed E-state index contributed by atoms with van der Waals surface area (Å²) in [4.78, 5) is 151. The molecule has 9 heterocycles. The number of carbonyl (C=O) groups is 9. The highest BCUT2D eigenvalue weighted by molar-refractivity contribution is 6.06. The third-order valence-electron chi connectivity index (χ3n) is 19.9. The molecule has 10 N–H and O–H groups in total. The van der Waals surface area contributed by atoms with Crippen molar-refractivity contribution >= 4 is 87.1 Å². The van der Waals surface area contributed by atoms with E-state index in [1.54, 1.807) is 116 Å². The zero-order chi connectivity index (χ0) is 83.8. The van der Waals surface area contributed by atoms with E-state index in [4.69, 9.17) is 14.2 Å². The van der Waals surface area contributed by atoms with E-state index in [1.807, 2.05) is 6.07 Å². The average molecular weight is 1610 g/mol. The second-order valence-corrected chi connectivity index (χ2v) is 29.4. The lowest BCUT2D eigenvalue weighted by atomic mass is 9.93. The Morgan fingerprint density at radius 1 is 0.564 bits per heavy atom. The van der Waals surface area contributed by atoms with Gasteiger partial charge in [-0.25, -0.2) is 19.3 Å². The van der Waals surface area contributed by atoms with E-state index in [2.05, 4.69) is 91.1 Å². The Morgan fingerprint density at radius 3 is 1.65 bits per heavy atom. The lowest BCUT2D eigenvalue weighted by Gasteiger charge is -2.29. The molecule has 0 radical (unpaired) electrons. The number of aliphatic hydroxyl groups is 1. The maximum atomic E-state index is 14.3. The van der Waals surface area contributed by atoms with Gasteiger partial charge < -0.3 is 104 Å². The molecule has 11 rings (SSSR count). The minimum Gasteiger partial charge on any atom is -0.456 e. The summed E-state index contributed by atoms with van der Waals surface area (Å²) in [7, 11) is 9.68. The summed E-state index contributed by atoms with van der Waals surface area (Å²) >= 11 is 0. The van der Waals surface area contributed by atoms with E-state index in [0.29, 0.717) is 96.1 Å². The van der Waals surface area contributed by atoms with Crippen LogP contribution in [0.25, 0.3) is 22.0 Å². The van der Waals surface area contributed by atoms with Gasteiger partial charge in [-0.05, 0) is 137 Å². The minimum absolute atomic E-state index is 0.00384. The van der Waals surface area contributed by atoms with Crippen molar-refractivity contribution in [1.82, 2.24) is 78.4 Å². The molecule has 35 heteroatoms. The Labute approximate surface area is 674 Å². The topological polar surface area (TPSA) is 405 Å². The smallest absolute Gasteiger partial charge is 0.291 e. The third kappa shape index (κ3) is 22.3. The molecule has 2 aromatic carbocycles. The number of piperidine rings is 2. The molecule has 0 atom stereocenters. The first-order chi connectivity index (χ1) is 55.9. The number of benzene rings is 2. The lowest BCUT2D eigenvalue weighted by Crippen LogP contribution is -2.38. The van der Waals surface area contributed by atoms with Crippen LogP contribution in [-0.4, -0.2) is 201 Å². The first-order valence-electron chi connectivity index (χ1n) is 38.4. The van der Waals surface area contributed by atoms with Crippen molar-refractivity contribution in [3.8, 4) is 46.3 Å². The van der Waals surface area contributed by atoms with Crippen molar-refractivity contribution in [2.24, 2.45) is 54.1 Å². The average Bonchev–Trinajstić information content (AvgIpc) is 1.67. The molecule has 2 fully saturated rings. The van der Waals surface area contributed by atoms with Crippen molar-refractivity contribution in [3.05, 3.63) is 159 Å². The van der Waals surface area contributed by atoms with Crippen LogP contribution >= 0.6 is 0 Å². The molecular formula is C82H97FN20O14. The van der Waals surface area contributed by atoms with Crippen molar-refractivity contribution in [2.75, 3.05) is 107 Å². The predicted molar refractivity (Wildman–Crippen MR) is 433 cm³/mol. The van der Waals surface area contributed by atoms with Crippen LogP contribution < -0.4 is 52.8 Å². The Kier molecular flexibility index (Phi) is 27.9. The van der Waals surface area contributed by atoms with E-state index in [1.165, 1.54) is 71.9 Å². The zero-order valence-corrected chi connectivity index (χ0v) is 67.0. The normalized spacial score (nSPS) is 13.2. The SMILES string of the molecule is Cc1cc(F)cc(C)c1Oc1ccc(C(C)(C)O)cc1-c1cn(C)c(=O)c2[nH]c(C(=O)N3CCC(C#CC#CC4CCN(CCOCCOCCNC(=O)CCNC(=O)c5nc(NC(=O)CCNC(=O)c6cc(NC(=O)c7nc(NC(=O)CCNC(=O)c8cc(NC(=O)c9nccn9C)cn8C)cn7C)cn6C)cn5C)CC4)CC3)cc12. The van der Waals surface area contributed by atoms with Crippen LogP contribution in [0.4, 0.5) is 27.4 Å². The zero-order valence-electron chi connectivity index (χ0n) is 67.0. The fraction of sp³-hybridized carbons (Fsp3) is 0.402. The summed E-state index contributed by atoms with van der Waals surface area (Å²) in [5.41, 5.74) is 3.04. The number of anilines is 4. The number of hydrogen-bond acceptors (Lipinski definition) is 18. The van der Waals surface area contributed by atoms with Gasteiger partial charge in [0.25, 0.3) is 41.0 Å². The second kappa shape index (κ2) is 38.5. The highest BCUT2D eigenvalue weighted by Crippen LogP contribution is 2.41. The number of imidazole rings is 3. The molecule has 7 aromatic heterocycles. The molecule has 0 aliphatic carbocycles. The molecule has 117 heavy (non-hydrogen) atoms. The number of nitrogens with zero attached hydrogens (tertiary/aromatic N) is 11. The van der Waals surface area contributed by atoms with Crippen LogP contribution in [0.1, 0.15) is 139 Å². The Hall–Kier alpha value is -13.0. The predicted octanol–water partition coefficient (Wildman–Crippen LogP) is 5.75. The molecule has 2 aliphatic rings. The third-order valence-corrected chi connectivity index (χ3v) is 19.9. The number of likely N-dealkylation sites (tertiary alicyclic amines) is 2. The van der Waals surface area contributed by atoms with Gasteiger partial charge in [-0.1, -0.05) is 17.9 Å². The number of rotatable bonds is 32. The molecule has 34 nitrogen and oxygen atoms in total. The Bertz CT molecular complexity index is 5400. The molecule has 9 aromatic rings. The number of ether oxygens (including phenoxy) is 3. The fourth-order valence-corrected chi connectivity index (χ4v) is 13.6. The molecule has 0 unspecified atom stereocenters. The van der Waals surface area contributed by atoms with E-state index in [9.17, 15) is 57.4 Å². The number of pyridine rings is 1. The number of fused-ring (bicyclic) bond motifs is 1. The van der Waals surface area contributed by atoms with E-state index in [-0.39, 0.29) is 144 Å². The number of aromatic amines is 1. The highest BCUT2D eigenvalue weighted by atomic mass is 19.1. The van der Waals surface area contributed by atoms with Gasteiger partial charge in [0.2, 0.25) is 29.4 Å². The van der Waals surface area contributed by atoms with E-state index in [0.717, 1.165) is 32.5 Å². The standard InChI is InChI=1S/C82H97FN20O14/c1-50-39-55(83)40-51(2)71(50)117-64-16-15-54(82(3,4)114)41-58(64)60-47-101(10)81(113)70-59(60)44-61(91-70)80(112)103-31-22-53(23-32-103)14-12-11-13-52-20-29-102(30-21-52)34-36-116-38-37-115-35-28-84-67(104)17-24-88-77(109)73-94-65(48-99(73)8)92-68(105)18-25-87-76(108)63-43-57(46-98(63)7)90-79(111)74-95-66(49-100(74)9)93-69(106)19-26-86-75(107)62-42-56(45-97(62)6)89-78(110)72-85-27-33-96(72)5/h15-16,27,33,39-49,52-53,91,114H,17-26,28-32,34-38H2,1-10H3,(H,84,104)(H,86,107)(H,87,108)(H,88,109)(H,89,110)(H,90,111)(H,92,105)(H,93,106). The number of hydrogen-bond donors (Lipinski definition) is 10. The van der Waals surface area contributed by atoms with Crippen molar-refractivity contribution in [1.29, 1.82) is 0 Å². The van der Waals surface area contributed by atoms with Crippen molar-refractivity contribution < 1.29 is 66.9 Å². The first kappa shape index (κ1) is 84.9. The summed E-state index contributed by atoms with van der Waals surface area (Å²) < 4.78 is 41.1. The Balaban J connectivity index is 0.506. The molecular weight excluding hydrogens is 1510 g/mol. The number of aromatic nitrogens is 10. The van der Waals surface area contributed by atoms with Gasteiger partial charge in [0.1, 0.15) is 39.9 Å². The minimum atomic E-state index is -1.21. The summed E-state index contributed by atoms with van der Waals surface area (Å²) in [6, 6.07) is 12.8. The molecule has 0 saturated carbocycles. The summed E-state index contributed by atoms with van der Waals surface area (Å²) in [5, 5.41) is 33.0. The Morgan fingerprint density at radius 2 is 1.09 bits per heavy atom. The quantitative estimate of drug-likeness (QED) is 0.0177. The van der Waals surface area contributed by atoms with Crippen molar-refractivity contribution in [3.63, 3.8) is 0 Å². The van der Waals surface area contributed by atoms with Crippen LogP contribution in [0, 0.1) is 55.2 Å². The highest BCUT2D eigenvalue weighted by Gasteiger charge is 2.29. The number of aryl methyl sites for hydroxylation is 8. The van der Waals surface area contributed by atoms with Gasteiger partial charge in [-0.2, -0.15) is 0 Å². The van der Waals surface area contributed by atoms with Gasteiger partial charge in [-0.3, -0.25) is 47.9 Å². The first-order valence-corrected chi connectivity index (χ1v) is 38.4. The van der Waals surface area contributed by atoms with Gasteiger partial charge >= 0.3 is 0 Å². The lowest BCUT2D eigenvalue weighted by molar-refractivity contribution is -0.121. The van der Waals surface area contributed by atoms with Gasteiger partial charge in [0, 0.05) is 179 Å².